The Morgan fingerprint density at radius 3 is 2.94 bits per heavy atom. The van der Waals surface area contributed by atoms with Gasteiger partial charge in [0.05, 0.1) is 18.8 Å². The Bertz CT molecular complexity index is 384. The normalized spacial score (nSPS) is 28.2. The molecule has 1 aliphatic carbocycles. The van der Waals surface area contributed by atoms with Gasteiger partial charge in [0.1, 0.15) is 0 Å². The van der Waals surface area contributed by atoms with Crippen LogP contribution in [0.5, 0.6) is 0 Å². The van der Waals surface area contributed by atoms with E-state index in [0.29, 0.717) is 12.1 Å². The van der Waals surface area contributed by atoms with Crippen LogP contribution in [-0.2, 0) is 10.1 Å². The third-order valence-corrected chi connectivity index (χ3v) is 4.23. The van der Waals surface area contributed by atoms with Crippen molar-refractivity contribution in [3.05, 3.63) is 18.0 Å². The van der Waals surface area contributed by atoms with Crippen molar-refractivity contribution >= 4 is 21.9 Å². The largest absolute Gasteiger partial charge is 0.374 e. The van der Waals surface area contributed by atoms with Crippen molar-refractivity contribution in [3.8, 4) is 0 Å². The summed E-state index contributed by atoms with van der Waals surface area (Å²) in [5, 5.41) is 0.808. The molecule has 2 unspecified atom stereocenters. The number of anilines is 1. The molecule has 2 aliphatic rings. The van der Waals surface area contributed by atoms with Crippen molar-refractivity contribution in [1.29, 1.82) is 0 Å². The number of fused-ring (bicyclic) bond motifs is 1. The summed E-state index contributed by atoms with van der Waals surface area (Å²) in [6, 6.07) is 0.485. The predicted molar refractivity (Wildman–Crippen MR) is 69.4 cm³/mol. The molecule has 0 N–H and O–H groups in total. The summed E-state index contributed by atoms with van der Waals surface area (Å²) >= 11 is 3.41. The molecule has 1 aromatic rings. The van der Waals surface area contributed by atoms with Gasteiger partial charge in [-0.3, -0.25) is 0 Å². The second kappa shape index (κ2) is 4.90. The average Bonchev–Trinajstić information content (AvgIpc) is 2.87. The Balaban J connectivity index is 1.81. The van der Waals surface area contributed by atoms with Crippen LogP contribution < -0.4 is 4.90 Å². The highest BCUT2D eigenvalue weighted by atomic mass is 79.9. The van der Waals surface area contributed by atoms with Crippen LogP contribution >= 0.6 is 15.9 Å². The molecule has 0 amide bonds. The highest BCUT2D eigenvalue weighted by molar-refractivity contribution is 9.08. The summed E-state index contributed by atoms with van der Waals surface area (Å²) in [5.41, 5.74) is 1.12. The maximum atomic E-state index is 5.79. The van der Waals surface area contributed by atoms with E-state index < -0.39 is 0 Å². The Hall–Kier alpha value is -0.680. The van der Waals surface area contributed by atoms with Crippen LogP contribution in [0.3, 0.4) is 0 Å². The van der Waals surface area contributed by atoms with Crippen LogP contribution in [0.2, 0.25) is 0 Å². The van der Waals surface area contributed by atoms with Crippen molar-refractivity contribution in [2.45, 2.75) is 36.7 Å². The average molecular weight is 298 g/mol. The molecule has 2 heterocycles. The number of nitrogens with zero attached hydrogens (tertiary/aromatic N) is 3. The van der Waals surface area contributed by atoms with Crippen molar-refractivity contribution in [3.63, 3.8) is 0 Å². The van der Waals surface area contributed by atoms with E-state index in [2.05, 4.69) is 30.8 Å². The van der Waals surface area contributed by atoms with Crippen LogP contribution in [-0.4, -0.2) is 35.3 Å². The Morgan fingerprint density at radius 2 is 2.18 bits per heavy atom. The van der Waals surface area contributed by atoms with E-state index in [1.807, 2.05) is 12.4 Å². The molecular weight excluding hydrogens is 282 g/mol. The van der Waals surface area contributed by atoms with Gasteiger partial charge in [-0.2, -0.15) is 0 Å². The topological polar surface area (TPSA) is 38.2 Å². The molecule has 3 rings (SSSR count). The van der Waals surface area contributed by atoms with E-state index >= 15 is 0 Å². The molecule has 1 aliphatic heterocycles. The maximum Gasteiger partial charge on any atom is 0.225 e. The smallest absolute Gasteiger partial charge is 0.225 e. The summed E-state index contributed by atoms with van der Waals surface area (Å²) in [5.74, 6) is 0.856. The molecule has 1 saturated carbocycles. The lowest BCUT2D eigenvalue weighted by Gasteiger charge is -2.37. The molecule has 0 aromatic carbocycles. The van der Waals surface area contributed by atoms with Crippen molar-refractivity contribution in [2.24, 2.45) is 0 Å². The highest BCUT2D eigenvalue weighted by Gasteiger charge is 2.37. The number of morpholine rings is 1. The zero-order valence-corrected chi connectivity index (χ0v) is 11.3. The Labute approximate surface area is 110 Å². The lowest BCUT2D eigenvalue weighted by Crippen LogP contribution is -2.49. The molecule has 4 nitrogen and oxygen atoms in total. The summed E-state index contributed by atoms with van der Waals surface area (Å²) in [6.07, 6.45) is 7.83. The first kappa shape index (κ1) is 11.4. The van der Waals surface area contributed by atoms with Gasteiger partial charge in [-0.25, -0.2) is 9.97 Å². The number of alkyl halides is 1. The van der Waals surface area contributed by atoms with Gasteiger partial charge in [0, 0.05) is 24.3 Å². The number of halogens is 1. The molecule has 2 fully saturated rings. The number of ether oxygens (including phenoxy) is 1. The zero-order valence-electron chi connectivity index (χ0n) is 9.68. The summed E-state index contributed by atoms with van der Waals surface area (Å²) in [7, 11) is 0. The van der Waals surface area contributed by atoms with Crippen LogP contribution in [0, 0.1) is 0 Å². The molecule has 2 atom stereocenters. The second-order valence-corrected chi connectivity index (χ2v) is 5.19. The standard InChI is InChI=1S/C12H16BrN3O/c13-6-9-7-14-12(15-8-9)16-4-5-17-11-3-1-2-10(11)16/h7-8,10-11H,1-6H2. The van der Waals surface area contributed by atoms with E-state index in [9.17, 15) is 0 Å². The van der Waals surface area contributed by atoms with E-state index in [1.165, 1.54) is 19.3 Å². The predicted octanol–water partition coefficient (Wildman–Crippen LogP) is 2.13. The van der Waals surface area contributed by atoms with E-state index in [1.54, 1.807) is 0 Å². The van der Waals surface area contributed by atoms with Crippen LogP contribution in [0.4, 0.5) is 5.95 Å². The van der Waals surface area contributed by atoms with Gasteiger partial charge in [-0.05, 0) is 24.8 Å². The third-order valence-electron chi connectivity index (χ3n) is 3.59. The van der Waals surface area contributed by atoms with Gasteiger partial charge in [0.15, 0.2) is 0 Å². The zero-order chi connectivity index (χ0) is 11.7. The monoisotopic (exact) mass is 297 g/mol. The van der Waals surface area contributed by atoms with Crippen molar-refractivity contribution in [1.82, 2.24) is 9.97 Å². The van der Waals surface area contributed by atoms with Crippen LogP contribution in [0.15, 0.2) is 12.4 Å². The SMILES string of the molecule is BrCc1cnc(N2CCOC3CCCC32)nc1. The first-order valence-corrected chi connectivity index (χ1v) is 7.26. The first-order valence-electron chi connectivity index (χ1n) is 6.13. The van der Waals surface area contributed by atoms with Gasteiger partial charge in [0.25, 0.3) is 0 Å². The maximum absolute atomic E-state index is 5.79. The molecule has 0 radical (unpaired) electrons. The molecule has 0 bridgehead atoms. The molecule has 0 spiro atoms. The molecule has 1 aromatic heterocycles. The van der Waals surface area contributed by atoms with Gasteiger partial charge >= 0.3 is 0 Å². The lowest BCUT2D eigenvalue weighted by molar-refractivity contribution is 0.0250. The summed E-state index contributed by atoms with van der Waals surface area (Å²) < 4.78 is 5.79. The lowest BCUT2D eigenvalue weighted by atomic mass is 10.1. The van der Waals surface area contributed by atoms with Gasteiger partial charge in [-0.1, -0.05) is 15.9 Å². The van der Waals surface area contributed by atoms with Gasteiger partial charge in [0.2, 0.25) is 5.95 Å². The minimum Gasteiger partial charge on any atom is -0.374 e. The fourth-order valence-electron chi connectivity index (χ4n) is 2.74. The molecule has 17 heavy (non-hydrogen) atoms. The van der Waals surface area contributed by atoms with Gasteiger partial charge in [-0.15, -0.1) is 0 Å². The summed E-state index contributed by atoms with van der Waals surface area (Å²) in [6.45, 7) is 1.71. The number of hydrogen-bond donors (Lipinski definition) is 0. The van der Waals surface area contributed by atoms with E-state index in [0.717, 1.165) is 30.0 Å². The Kier molecular flexibility index (Phi) is 3.29. The third kappa shape index (κ3) is 2.18. The molecular formula is C12H16BrN3O. The first-order chi connectivity index (χ1) is 8.38. The highest BCUT2D eigenvalue weighted by Crippen LogP contribution is 2.31. The minimum absolute atomic E-state index is 0.392. The van der Waals surface area contributed by atoms with E-state index in [-0.39, 0.29) is 0 Å². The van der Waals surface area contributed by atoms with Gasteiger partial charge < -0.3 is 9.64 Å². The molecule has 5 heteroatoms. The molecule has 1 saturated heterocycles. The number of aromatic nitrogens is 2. The van der Waals surface area contributed by atoms with Crippen molar-refractivity contribution < 1.29 is 4.74 Å². The van der Waals surface area contributed by atoms with Crippen LogP contribution in [0.25, 0.3) is 0 Å². The number of rotatable bonds is 2. The quantitative estimate of drug-likeness (QED) is 0.784. The van der Waals surface area contributed by atoms with Crippen LogP contribution in [0.1, 0.15) is 24.8 Å². The molecule has 92 valence electrons. The van der Waals surface area contributed by atoms with Crippen molar-refractivity contribution in [2.75, 3.05) is 18.1 Å². The number of hydrogen-bond acceptors (Lipinski definition) is 4. The fourth-order valence-corrected chi connectivity index (χ4v) is 3.03. The fraction of sp³-hybridized carbons (Fsp3) is 0.667. The Morgan fingerprint density at radius 1 is 1.35 bits per heavy atom. The minimum atomic E-state index is 0.392. The summed E-state index contributed by atoms with van der Waals surface area (Å²) in [4.78, 5) is 11.2. The van der Waals surface area contributed by atoms with E-state index in [4.69, 9.17) is 4.74 Å². The second-order valence-electron chi connectivity index (χ2n) is 4.63.